The fraction of sp³-hybridized carbons (Fsp3) is 0.529. The summed E-state index contributed by atoms with van der Waals surface area (Å²) in [6.45, 7) is 5.25. The molecule has 1 N–H and O–H groups in total. The molecular formula is C17H19ClFNO4. The van der Waals surface area contributed by atoms with Crippen LogP contribution in [0.25, 0.3) is 0 Å². The van der Waals surface area contributed by atoms with E-state index in [0.29, 0.717) is 17.0 Å². The van der Waals surface area contributed by atoms with E-state index in [1.165, 1.54) is 23.1 Å². The van der Waals surface area contributed by atoms with Gasteiger partial charge in [-0.05, 0) is 51.0 Å². The summed E-state index contributed by atoms with van der Waals surface area (Å²) in [7, 11) is 0. The van der Waals surface area contributed by atoms with Crippen molar-refractivity contribution in [1.29, 1.82) is 0 Å². The van der Waals surface area contributed by atoms with Crippen LogP contribution in [-0.2, 0) is 14.9 Å². The second-order valence-electron chi connectivity index (χ2n) is 7.48. The van der Waals surface area contributed by atoms with Gasteiger partial charge in [-0.3, -0.25) is 4.90 Å². The maximum atomic E-state index is 14.3. The molecule has 1 unspecified atom stereocenters. The number of aliphatic carboxylic acids is 1. The normalized spacial score (nSPS) is 28.5. The van der Waals surface area contributed by atoms with Crippen molar-refractivity contribution >= 4 is 23.7 Å². The molecule has 0 spiro atoms. The predicted octanol–water partition coefficient (Wildman–Crippen LogP) is 3.44. The van der Waals surface area contributed by atoms with Crippen LogP contribution in [0.5, 0.6) is 0 Å². The number of nitrogens with zero attached hydrogens (tertiary/aromatic N) is 1. The Bertz CT molecular complexity index is 717. The predicted molar refractivity (Wildman–Crippen MR) is 85.6 cm³/mol. The molecule has 2 aliphatic rings. The fourth-order valence-electron chi connectivity index (χ4n) is 3.63. The maximum Gasteiger partial charge on any atom is 0.411 e. The van der Waals surface area contributed by atoms with E-state index in [0.717, 1.165) is 0 Å². The lowest BCUT2D eigenvalue weighted by Crippen LogP contribution is -2.46. The van der Waals surface area contributed by atoms with E-state index in [9.17, 15) is 19.1 Å². The van der Waals surface area contributed by atoms with Gasteiger partial charge >= 0.3 is 12.1 Å². The first-order valence-corrected chi connectivity index (χ1v) is 8.11. The topological polar surface area (TPSA) is 66.8 Å². The lowest BCUT2D eigenvalue weighted by molar-refractivity contribution is -0.142. The van der Waals surface area contributed by atoms with Crippen LogP contribution >= 0.6 is 11.6 Å². The van der Waals surface area contributed by atoms with Gasteiger partial charge in [-0.2, -0.15) is 0 Å². The Labute approximate surface area is 144 Å². The Balaban J connectivity index is 1.94. The van der Waals surface area contributed by atoms with Crippen molar-refractivity contribution in [2.45, 2.75) is 44.2 Å². The first kappa shape index (κ1) is 17.0. The summed E-state index contributed by atoms with van der Waals surface area (Å²) in [6.07, 6.45) is -0.176. The molecule has 2 fully saturated rings. The molecule has 130 valence electrons. The van der Waals surface area contributed by atoms with Crippen molar-refractivity contribution in [2.75, 3.05) is 6.54 Å². The molecular weight excluding hydrogens is 337 g/mol. The number of carboxylic acids is 1. The van der Waals surface area contributed by atoms with Crippen LogP contribution < -0.4 is 0 Å². The third kappa shape index (κ3) is 2.73. The molecule has 1 aromatic rings. The molecule has 0 radical (unpaired) electrons. The van der Waals surface area contributed by atoms with E-state index in [2.05, 4.69) is 0 Å². The molecule has 1 saturated heterocycles. The molecule has 1 amide bonds. The molecule has 1 aliphatic heterocycles. The Morgan fingerprint density at radius 1 is 1.42 bits per heavy atom. The summed E-state index contributed by atoms with van der Waals surface area (Å²) in [6, 6.07) is 3.23. The van der Waals surface area contributed by atoms with Gasteiger partial charge in [0.2, 0.25) is 0 Å². The number of carbonyl (C=O) groups excluding carboxylic acids is 1. The highest BCUT2D eigenvalue weighted by atomic mass is 35.5. The van der Waals surface area contributed by atoms with Crippen molar-refractivity contribution in [2.24, 2.45) is 5.92 Å². The van der Waals surface area contributed by atoms with Crippen LogP contribution in [0.1, 0.15) is 32.8 Å². The van der Waals surface area contributed by atoms with Gasteiger partial charge in [-0.1, -0.05) is 11.6 Å². The number of fused-ring (bicyclic) bond motifs is 1. The molecule has 1 aromatic carbocycles. The van der Waals surface area contributed by atoms with Crippen molar-refractivity contribution in [3.05, 3.63) is 34.6 Å². The zero-order chi connectivity index (χ0) is 17.9. The molecule has 1 aliphatic carbocycles. The van der Waals surface area contributed by atoms with Gasteiger partial charge in [-0.25, -0.2) is 14.0 Å². The highest BCUT2D eigenvalue weighted by Gasteiger charge is 2.69. The van der Waals surface area contributed by atoms with Gasteiger partial charge < -0.3 is 9.84 Å². The van der Waals surface area contributed by atoms with Crippen molar-refractivity contribution in [3.8, 4) is 0 Å². The molecule has 3 rings (SSSR count). The van der Waals surface area contributed by atoms with Crippen LogP contribution in [0.3, 0.4) is 0 Å². The van der Waals surface area contributed by atoms with E-state index in [1.54, 1.807) is 20.8 Å². The lowest BCUT2D eigenvalue weighted by Gasteiger charge is -2.29. The largest absolute Gasteiger partial charge is 0.480 e. The van der Waals surface area contributed by atoms with Gasteiger partial charge in [0.15, 0.2) is 0 Å². The van der Waals surface area contributed by atoms with Crippen LogP contribution in [-0.4, -0.2) is 40.3 Å². The SMILES string of the molecule is CC(C)(C)OC(=O)N1C[C@@]2(c3cc(Cl)ccc3F)C[C@H]2C1C(=O)O. The number of carboxylic acid groups (broad SMARTS) is 1. The maximum absolute atomic E-state index is 14.3. The number of piperidine rings is 1. The van der Waals surface area contributed by atoms with Gasteiger partial charge in [0.25, 0.3) is 0 Å². The average Bonchev–Trinajstić information content (AvgIpc) is 3.05. The zero-order valence-electron chi connectivity index (χ0n) is 13.7. The fourth-order valence-corrected chi connectivity index (χ4v) is 3.80. The van der Waals surface area contributed by atoms with E-state index in [1.807, 2.05) is 0 Å². The average molecular weight is 356 g/mol. The molecule has 1 heterocycles. The quantitative estimate of drug-likeness (QED) is 0.882. The third-order valence-corrected chi connectivity index (χ3v) is 4.88. The first-order chi connectivity index (χ1) is 11.0. The number of likely N-dealkylation sites (tertiary alicyclic amines) is 1. The summed E-state index contributed by atoms with van der Waals surface area (Å²) in [5, 5.41) is 9.93. The zero-order valence-corrected chi connectivity index (χ0v) is 14.4. The Kier molecular flexibility index (Phi) is 3.79. The van der Waals surface area contributed by atoms with Crippen LogP contribution in [0.2, 0.25) is 5.02 Å². The number of benzene rings is 1. The second-order valence-corrected chi connectivity index (χ2v) is 7.92. The molecule has 24 heavy (non-hydrogen) atoms. The minimum absolute atomic E-state index is 0.112. The molecule has 5 nitrogen and oxygen atoms in total. The molecule has 0 bridgehead atoms. The highest BCUT2D eigenvalue weighted by molar-refractivity contribution is 6.30. The molecule has 7 heteroatoms. The van der Waals surface area contributed by atoms with Crippen LogP contribution in [0, 0.1) is 11.7 Å². The first-order valence-electron chi connectivity index (χ1n) is 7.73. The standard InChI is InChI=1S/C17H19ClFNO4/c1-16(2,3)24-15(23)20-8-17(7-11(17)13(20)14(21)22)10-6-9(18)4-5-12(10)19/h4-6,11,13H,7-8H2,1-3H3,(H,21,22)/t11-,13?,17+/m0/s1. The van der Waals surface area contributed by atoms with E-state index in [-0.39, 0.29) is 12.5 Å². The second kappa shape index (κ2) is 5.34. The number of carbonyl (C=O) groups is 2. The summed E-state index contributed by atoms with van der Waals surface area (Å²) < 4.78 is 19.6. The Morgan fingerprint density at radius 2 is 2.08 bits per heavy atom. The Morgan fingerprint density at radius 3 is 2.67 bits per heavy atom. The number of halogens is 2. The lowest BCUT2D eigenvalue weighted by atomic mass is 9.93. The third-order valence-electron chi connectivity index (χ3n) is 4.65. The summed E-state index contributed by atoms with van der Waals surface area (Å²) in [5.41, 5.74) is -1.06. The monoisotopic (exact) mass is 355 g/mol. The van der Waals surface area contributed by atoms with Gasteiger partial charge in [0.05, 0.1) is 0 Å². The summed E-state index contributed by atoms with van der Waals surface area (Å²) in [4.78, 5) is 25.3. The summed E-state index contributed by atoms with van der Waals surface area (Å²) in [5.74, 6) is -1.87. The summed E-state index contributed by atoms with van der Waals surface area (Å²) >= 11 is 5.97. The molecule has 1 saturated carbocycles. The van der Waals surface area contributed by atoms with Gasteiger partial charge in [0, 0.05) is 22.9 Å². The number of ether oxygens (including phenoxy) is 1. The Hall–Kier alpha value is -1.82. The van der Waals surface area contributed by atoms with E-state index in [4.69, 9.17) is 16.3 Å². The van der Waals surface area contributed by atoms with Crippen molar-refractivity contribution < 1.29 is 23.8 Å². The van der Waals surface area contributed by atoms with E-state index >= 15 is 0 Å². The van der Waals surface area contributed by atoms with Crippen molar-refractivity contribution in [3.63, 3.8) is 0 Å². The molecule has 3 atom stereocenters. The number of hydrogen-bond donors (Lipinski definition) is 1. The highest BCUT2D eigenvalue weighted by Crippen LogP contribution is 2.62. The number of hydrogen-bond acceptors (Lipinski definition) is 3. The van der Waals surface area contributed by atoms with Crippen LogP contribution in [0.4, 0.5) is 9.18 Å². The minimum Gasteiger partial charge on any atom is -0.480 e. The number of amides is 1. The van der Waals surface area contributed by atoms with Crippen molar-refractivity contribution in [1.82, 2.24) is 4.90 Å². The van der Waals surface area contributed by atoms with E-state index < -0.39 is 34.9 Å². The van der Waals surface area contributed by atoms with Crippen LogP contribution in [0.15, 0.2) is 18.2 Å². The number of rotatable bonds is 2. The smallest absolute Gasteiger partial charge is 0.411 e. The van der Waals surface area contributed by atoms with Gasteiger partial charge in [0.1, 0.15) is 17.5 Å². The minimum atomic E-state index is -1.10. The molecule has 0 aromatic heterocycles. The van der Waals surface area contributed by atoms with Gasteiger partial charge in [-0.15, -0.1) is 0 Å².